The van der Waals surface area contributed by atoms with Crippen molar-refractivity contribution in [3.05, 3.63) is 22.5 Å². The van der Waals surface area contributed by atoms with Crippen LogP contribution >= 0.6 is 0 Å². The maximum absolute atomic E-state index is 13.4. The molecule has 3 atom stereocenters. The summed E-state index contributed by atoms with van der Waals surface area (Å²) in [4.78, 5) is 45.5. The summed E-state index contributed by atoms with van der Waals surface area (Å²) in [5.74, 6) is 0.396. The Morgan fingerprint density at radius 1 is 1.29 bits per heavy atom. The summed E-state index contributed by atoms with van der Waals surface area (Å²) in [6, 6.07) is -0.184. The topological polar surface area (TPSA) is 82.7 Å². The molecule has 150 valence electrons. The van der Waals surface area contributed by atoms with Crippen molar-refractivity contribution in [3.8, 4) is 0 Å². The van der Waals surface area contributed by atoms with Crippen LogP contribution in [0.2, 0.25) is 0 Å². The summed E-state index contributed by atoms with van der Waals surface area (Å²) in [5.41, 5.74) is 2.16. The van der Waals surface area contributed by atoms with Crippen LogP contribution in [0.5, 0.6) is 0 Å². The van der Waals surface area contributed by atoms with Crippen molar-refractivity contribution < 1.29 is 19.1 Å². The Labute approximate surface area is 164 Å². The second-order valence-electron chi connectivity index (χ2n) is 8.95. The van der Waals surface area contributed by atoms with Gasteiger partial charge in [-0.1, -0.05) is 13.8 Å². The number of fused-ring (bicyclic) bond motifs is 1. The lowest BCUT2D eigenvalue weighted by atomic mass is 9.93. The number of aromatic nitrogens is 1. The van der Waals surface area contributed by atoms with Crippen molar-refractivity contribution in [2.24, 2.45) is 5.92 Å². The van der Waals surface area contributed by atoms with Crippen LogP contribution in [-0.4, -0.2) is 63.3 Å². The highest BCUT2D eigenvalue weighted by molar-refractivity contribution is 6.04. The molecule has 7 nitrogen and oxygen atoms in total. The van der Waals surface area contributed by atoms with Gasteiger partial charge in [0, 0.05) is 30.6 Å². The van der Waals surface area contributed by atoms with Gasteiger partial charge in [0.05, 0.1) is 25.1 Å². The van der Waals surface area contributed by atoms with Crippen LogP contribution in [0.15, 0.2) is 0 Å². The molecule has 7 heteroatoms. The molecule has 1 aliphatic carbocycles. The average Bonchev–Trinajstić information content (AvgIpc) is 3.35. The lowest BCUT2D eigenvalue weighted by molar-refractivity contribution is -0.139. The Kier molecular flexibility index (Phi) is 3.79. The fraction of sp³-hybridized carbons (Fsp3) is 0.667. The number of H-pyrrole nitrogens is 1. The smallest absolute Gasteiger partial charge is 0.271 e. The molecule has 0 bridgehead atoms. The molecule has 0 radical (unpaired) electrons. The number of nitrogens with one attached hydrogen (secondary N) is 1. The zero-order valence-electron chi connectivity index (χ0n) is 16.7. The molecule has 5 rings (SSSR count). The van der Waals surface area contributed by atoms with E-state index in [9.17, 15) is 14.4 Å². The number of aromatic amines is 1. The van der Waals surface area contributed by atoms with Crippen molar-refractivity contribution in [2.45, 2.75) is 70.7 Å². The van der Waals surface area contributed by atoms with Crippen molar-refractivity contribution in [3.63, 3.8) is 0 Å². The molecule has 1 N–H and O–H groups in total. The number of hydrogen-bond donors (Lipinski definition) is 1. The van der Waals surface area contributed by atoms with E-state index < -0.39 is 5.72 Å². The predicted octanol–water partition coefficient (Wildman–Crippen LogP) is 2.04. The van der Waals surface area contributed by atoms with Crippen molar-refractivity contribution in [2.75, 3.05) is 13.2 Å². The number of nitrogens with zero attached hydrogens (tertiary/aromatic N) is 2. The van der Waals surface area contributed by atoms with Gasteiger partial charge < -0.3 is 19.5 Å². The van der Waals surface area contributed by atoms with E-state index in [-0.39, 0.29) is 29.7 Å². The number of amides is 2. The SMILES string of the molecule is Cc1c(C(=O)N2CC[C@@]34OC[C@@H](C(C)C)N3C(=O)C[C@@H]24)[nH]c2c1C(=O)CCC2. The third-order valence-electron chi connectivity index (χ3n) is 7.17. The fourth-order valence-electron chi connectivity index (χ4n) is 5.75. The highest BCUT2D eigenvalue weighted by Crippen LogP contribution is 2.49. The summed E-state index contributed by atoms with van der Waals surface area (Å²) >= 11 is 0. The van der Waals surface area contributed by atoms with Gasteiger partial charge in [-0.05, 0) is 31.2 Å². The summed E-state index contributed by atoms with van der Waals surface area (Å²) in [6.07, 6.45) is 3.13. The summed E-state index contributed by atoms with van der Waals surface area (Å²) in [6.45, 7) is 7.16. The Morgan fingerprint density at radius 2 is 2.07 bits per heavy atom. The molecule has 2 amide bonds. The van der Waals surface area contributed by atoms with E-state index in [1.54, 1.807) is 4.90 Å². The lowest BCUT2D eigenvalue weighted by Crippen LogP contribution is -2.51. The number of ketones is 1. The number of ether oxygens (including phenoxy) is 1. The van der Waals surface area contributed by atoms with Crippen LogP contribution in [0.3, 0.4) is 0 Å². The van der Waals surface area contributed by atoms with Crippen molar-refractivity contribution in [1.82, 2.24) is 14.8 Å². The lowest BCUT2D eigenvalue weighted by Gasteiger charge is -2.34. The summed E-state index contributed by atoms with van der Waals surface area (Å²) < 4.78 is 6.22. The molecule has 28 heavy (non-hydrogen) atoms. The highest BCUT2D eigenvalue weighted by atomic mass is 16.5. The molecule has 0 unspecified atom stereocenters. The number of carbonyl (C=O) groups excluding carboxylic acids is 3. The first-order chi connectivity index (χ1) is 13.3. The van der Waals surface area contributed by atoms with Gasteiger partial charge in [0.1, 0.15) is 5.69 Å². The average molecular weight is 385 g/mol. The molecular formula is C21H27N3O4. The van der Waals surface area contributed by atoms with Gasteiger partial charge >= 0.3 is 0 Å². The molecule has 1 aromatic rings. The van der Waals surface area contributed by atoms with E-state index >= 15 is 0 Å². The van der Waals surface area contributed by atoms with E-state index in [2.05, 4.69) is 18.8 Å². The zero-order chi connectivity index (χ0) is 19.8. The minimum Gasteiger partial charge on any atom is -0.354 e. The van der Waals surface area contributed by atoms with Crippen molar-refractivity contribution in [1.29, 1.82) is 0 Å². The first kappa shape index (κ1) is 17.9. The number of rotatable bonds is 2. The van der Waals surface area contributed by atoms with E-state index in [4.69, 9.17) is 4.74 Å². The number of hydrogen-bond acceptors (Lipinski definition) is 4. The fourth-order valence-corrected chi connectivity index (χ4v) is 5.75. The summed E-state index contributed by atoms with van der Waals surface area (Å²) in [5, 5.41) is 0. The molecule has 4 heterocycles. The monoisotopic (exact) mass is 385 g/mol. The molecule has 4 aliphatic rings. The predicted molar refractivity (Wildman–Crippen MR) is 101 cm³/mol. The Hall–Kier alpha value is -2.15. The van der Waals surface area contributed by atoms with Crippen LogP contribution in [0.1, 0.15) is 71.6 Å². The first-order valence-electron chi connectivity index (χ1n) is 10.4. The number of aryl methyl sites for hydroxylation is 1. The third kappa shape index (κ3) is 2.16. The molecule has 3 saturated heterocycles. The number of likely N-dealkylation sites (tertiary alicyclic amines) is 1. The number of carbonyl (C=O) groups is 3. The van der Waals surface area contributed by atoms with Gasteiger partial charge in [-0.3, -0.25) is 14.4 Å². The van der Waals surface area contributed by atoms with E-state index in [1.165, 1.54) is 0 Å². The highest BCUT2D eigenvalue weighted by Gasteiger charge is 2.65. The first-order valence-corrected chi connectivity index (χ1v) is 10.4. The minimum atomic E-state index is -0.669. The second kappa shape index (κ2) is 5.92. The minimum absolute atomic E-state index is 0.0738. The molecule has 3 fully saturated rings. The zero-order valence-corrected chi connectivity index (χ0v) is 16.7. The largest absolute Gasteiger partial charge is 0.354 e. The van der Waals surface area contributed by atoms with Crippen molar-refractivity contribution >= 4 is 17.6 Å². The van der Waals surface area contributed by atoms with E-state index in [1.807, 2.05) is 11.8 Å². The van der Waals surface area contributed by atoms with Crippen LogP contribution in [-0.2, 0) is 16.0 Å². The Morgan fingerprint density at radius 3 is 2.79 bits per heavy atom. The van der Waals surface area contributed by atoms with Crippen LogP contribution in [0.4, 0.5) is 0 Å². The van der Waals surface area contributed by atoms with Gasteiger partial charge in [-0.25, -0.2) is 0 Å². The molecule has 0 saturated carbocycles. The molecule has 0 aromatic carbocycles. The van der Waals surface area contributed by atoms with E-state index in [0.29, 0.717) is 49.6 Å². The normalized spacial score (nSPS) is 31.6. The number of Topliss-reactive ketones (excluding diaryl/α,β-unsaturated/α-hetero) is 1. The van der Waals surface area contributed by atoms with E-state index in [0.717, 1.165) is 24.1 Å². The maximum Gasteiger partial charge on any atom is 0.271 e. The van der Waals surface area contributed by atoms with Gasteiger partial charge in [0.2, 0.25) is 5.91 Å². The van der Waals surface area contributed by atoms with Crippen LogP contribution < -0.4 is 0 Å². The maximum atomic E-state index is 13.4. The van der Waals surface area contributed by atoms with Gasteiger partial charge in [-0.15, -0.1) is 0 Å². The van der Waals surface area contributed by atoms with Crippen LogP contribution in [0, 0.1) is 12.8 Å². The summed E-state index contributed by atoms with van der Waals surface area (Å²) in [7, 11) is 0. The van der Waals surface area contributed by atoms with Gasteiger partial charge in [0.15, 0.2) is 11.5 Å². The molecular weight excluding hydrogens is 358 g/mol. The second-order valence-corrected chi connectivity index (χ2v) is 8.95. The molecule has 1 aromatic heterocycles. The molecule has 3 aliphatic heterocycles. The Balaban J connectivity index is 1.47. The third-order valence-corrected chi connectivity index (χ3v) is 7.17. The molecule has 1 spiro atoms. The van der Waals surface area contributed by atoms with Gasteiger partial charge in [0.25, 0.3) is 5.91 Å². The Bertz CT molecular complexity index is 888. The quantitative estimate of drug-likeness (QED) is 0.845. The van der Waals surface area contributed by atoms with Crippen LogP contribution in [0.25, 0.3) is 0 Å². The standard InChI is InChI=1S/C21H27N3O4/c1-11(2)14-10-28-21-7-8-23(16(21)9-17(26)24(14)21)20(27)19-12(3)18-13(22-19)5-4-6-15(18)25/h11,14,16,22H,4-10H2,1-3H3/t14-,16+,21-/m0/s1. The van der Waals surface area contributed by atoms with Gasteiger partial charge in [-0.2, -0.15) is 0 Å².